The molecule has 0 saturated heterocycles. The molecule has 1 N–H and O–H groups in total. The second-order valence-corrected chi connectivity index (χ2v) is 6.54. The second-order valence-electron chi connectivity index (χ2n) is 6.54. The Bertz CT molecular complexity index is 491. The zero-order valence-corrected chi connectivity index (χ0v) is 14.4. The Morgan fingerprint density at radius 1 is 1.45 bits per heavy atom. The molecule has 1 aromatic rings. The van der Waals surface area contributed by atoms with Gasteiger partial charge in [-0.25, -0.2) is 0 Å². The normalized spacial score (nSPS) is 17.1. The summed E-state index contributed by atoms with van der Waals surface area (Å²) in [5.41, 5.74) is 2.22. The number of amides is 1. The maximum atomic E-state index is 12.5. The van der Waals surface area contributed by atoms with Gasteiger partial charge >= 0.3 is 0 Å². The van der Waals surface area contributed by atoms with Crippen molar-refractivity contribution < 1.29 is 4.79 Å². The van der Waals surface area contributed by atoms with Gasteiger partial charge in [-0.3, -0.25) is 14.4 Å². The highest BCUT2D eigenvalue weighted by atomic mass is 16.2. The van der Waals surface area contributed by atoms with Crippen molar-refractivity contribution in [2.24, 2.45) is 0 Å². The van der Waals surface area contributed by atoms with Crippen molar-refractivity contribution in [3.8, 4) is 0 Å². The third kappa shape index (κ3) is 4.32. The molecule has 1 heterocycles. The minimum absolute atomic E-state index is 0.0439. The van der Waals surface area contributed by atoms with Crippen molar-refractivity contribution >= 4 is 5.91 Å². The van der Waals surface area contributed by atoms with E-state index in [2.05, 4.69) is 35.2 Å². The van der Waals surface area contributed by atoms with Gasteiger partial charge in [0, 0.05) is 18.3 Å². The summed E-state index contributed by atoms with van der Waals surface area (Å²) in [6.07, 6.45) is 5.60. The topological polar surface area (TPSA) is 50.2 Å². The number of carbonyl (C=O) groups is 1. The molecule has 5 heteroatoms. The third-order valence-electron chi connectivity index (χ3n) is 4.69. The number of rotatable bonds is 7. The summed E-state index contributed by atoms with van der Waals surface area (Å²) in [6.45, 7) is 7.82. The fourth-order valence-electron chi connectivity index (χ4n) is 3.37. The molecule has 5 nitrogen and oxygen atoms in total. The summed E-state index contributed by atoms with van der Waals surface area (Å²) in [5.74, 6) is 0.185. The average Bonchev–Trinajstić information content (AvgIpc) is 3.07. The van der Waals surface area contributed by atoms with Crippen LogP contribution in [-0.2, 0) is 11.3 Å². The maximum Gasteiger partial charge on any atom is 0.237 e. The number of hydrogen-bond donors (Lipinski definition) is 1. The lowest BCUT2D eigenvalue weighted by Gasteiger charge is -2.27. The lowest BCUT2D eigenvalue weighted by Crippen LogP contribution is -2.48. The smallest absolute Gasteiger partial charge is 0.237 e. The molecule has 2 rings (SSSR count). The van der Waals surface area contributed by atoms with Crippen molar-refractivity contribution in [3.63, 3.8) is 0 Å². The fourth-order valence-corrected chi connectivity index (χ4v) is 3.37. The molecule has 0 bridgehead atoms. The van der Waals surface area contributed by atoms with Crippen LogP contribution in [0.5, 0.6) is 0 Å². The average molecular weight is 306 g/mol. The highest BCUT2D eigenvalue weighted by molar-refractivity contribution is 5.81. The Balaban J connectivity index is 1.86. The standard InChI is InChI=1S/C17H30N4O/c1-5-16(17(22)18-15-8-6-7-9-15)20(4)10-11-21-14(3)12-13(2)19-21/h12,15-16H,5-11H2,1-4H3,(H,18,22). The van der Waals surface area contributed by atoms with E-state index in [4.69, 9.17) is 0 Å². The van der Waals surface area contributed by atoms with E-state index in [1.807, 2.05) is 18.7 Å². The molecular weight excluding hydrogens is 276 g/mol. The van der Waals surface area contributed by atoms with Gasteiger partial charge in [-0.15, -0.1) is 0 Å². The van der Waals surface area contributed by atoms with Gasteiger partial charge in [0.05, 0.1) is 18.3 Å². The second kappa shape index (κ2) is 7.77. The Morgan fingerprint density at radius 3 is 2.68 bits per heavy atom. The number of nitrogens with one attached hydrogen (secondary N) is 1. The van der Waals surface area contributed by atoms with E-state index in [9.17, 15) is 4.79 Å². The van der Waals surface area contributed by atoms with Crippen LogP contribution in [-0.4, -0.2) is 46.3 Å². The fraction of sp³-hybridized carbons (Fsp3) is 0.765. The maximum absolute atomic E-state index is 12.5. The predicted molar refractivity (Wildman–Crippen MR) is 88.8 cm³/mol. The molecule has 1 unspecified atom stereocenters. The van der Waals surface area contributed by atoms with Crippen LogP contribution in [0.15, 0.2) is 6.07 Å². The zero-order chi connectivity index (χ0) is 16.1. The minimum Gasteiger partial charge on any atom is -0.352 e. The molecule has 1 aliphatic carbocycles. The van der Waals surface area contributed by atoms with E-state index in [0.29, 0.717) is 6.04 Å². The van der Waals surface area contributed by atoms with Crippen molar-refractivity contribution in [3.05, 3.63) is 17.5 Å². The largest absolute Gasteiger partial charge is 0.352 e. The van der Waals surface area contributed by atoms with Crippen molar-refractivity contribution in [2.45, 2.75) is 71.5 Å². The quantitative estimate of drug-likeness (QED) is 0.841. The lowest BCUT2D eigenvalue weighted by atomic mass is 10.1. The van der Waals surface area contributed by atoms with Crippen LogP contribution in [0.4, 0.5) is 0 Å². The van der Waals surface area contributed by atoms with Crippen molar-refractivity contribution in [1.82, 2.24) is 20.0 Å². The highest BCUT2D eigenvalue weighted by Crippen LogP contribution is 2.18. The number of aryl methyl sites for hydroxylation is 2. The van der Waals surface area contributed by atoms with Crippen molar-refractivity contribution in [2.75, 3.05) is 13.6 Å². The summed E-state index contributed by atoms with van der Waals surface area (Å²) in [7, 11) is 2.04. The molecule has 124 valence electrons. The van der Waals surface area contributed by atoms with Gasteiger partial charge in [0.1, 0.15) is 0 Å². The first-order valence-electron chi connectivity index (χ1n) is 8.53. The summed E-state index contributed by atoms with van der Waals surface area (Å²) >= 11 is 0. The van der Waals surface area contributed by atoms with E-state index in [0.717, 1.165) is 38.0 Å². The summed E-state index contributed by atoms with van der Waals surface area (Å²) in [5, 5.41) is 7.71. The van der Waals surface area contributed by atoms with Crippen LogP contribution in [0.2, 0.25) is 0 Å². The van der Waals surface area contributed by atoms with E-state index < -0.39 is 0 Å². The monoisotopic (exact) mass is 306 g/mol. The van der Waals surface area contributed by atoms with Crippen LogP contribution in [0.1, 0.15) is 50.4 Å². The molecule has 0 spiro atoms. The van der Waals surface area contributed by atoms with E-state index in [1.165, 1.54) is 18.5 Å². The van der Waals surface area contributed by atoms with Crippen molar-refractivity contribution in [1.29, 1.82) is 0 Å². The van der Waals surface area contributed by atoms with Gasteiger partial charge in [-0.1, -0.05) is 19.8 Å². The molecule has 0 aromatic carbocycles. The summed E-state index contributed by atoms with van der Waals surface area (Å²) in [4.78, 5) is 14.6. The molecule has 1 fully saturated rings. The van der Waals surface area contributed by atoms with E-state index >= 15 is 0 Å². The minimum atomic E-state index is -0.0439. The van der Waals surface area contributed by atoms with Crippen LogP contribution in [0.25, 0.3) is 0 Å². The first kappa shape index (κ1) is 17.0. The molecular formula is C17H30N4O. The SMILES string of the molecule is CCC(C(=O)NC1CCCC1)N(C)CCn1nc(C)cc1C. The van der Waals surface area contributed by atoms with Gasteiger partial charge < -0.3 is 5.32 Å². The number of nitrogens with zero attached hydrogens (tertiary/aromatic N) is 3. The van der Waals surface area contributed by atoms with Gasteiger partial charge in [-0.2, -0.15) is 5.10 Å². The summed E-state index contributed by atoms with van der Waals surface area (Å²) < 4.78 is 2.02. The third-order valence-corrected chi connectivity index (χ3v) is 4.69. The van der Waals surface area contributed by atoms with Gasteiger partial charge in [0.25, 0.3) is 0 Å². The Labute approximate surface area is 134 Å². The lowest BCUT2D eigenvalue weighted by molar-refractivity contribution is -0.126. The van der Waals surface area contributed by atoms with E-state index in [1.54, 1.807) is 0 Å². The predicted octanol–water partition coefficient (Wildman–Crippen LogP) is 2.27. The first-order valence-corrected chi connectivity index (χ1v) is 8.53. The van der Waals surface area contributed by atoms with E-state index in [-0.39, 0.29) is 11.9 Å². The van der Waals surface area contributed by atoms with Crippen LogP contribution < -0.4 is 5.32 Å². The first-order chi connectivity index (χ1) is 10.5. The molecule has 1 aliphatic rings. The molecule has 1 atom stereocenters. The number of hydrogen-bond acceptors (Lipinski definition) is 3. The Morgan fingerprint density at radius 2 is 2.14 bits per heavy atom. The van der Waals surface area contributed by atoms with Crippen LogP contribution in [0, 0.1) is 13.8 Å². The molecule has 22 heavy (non-hydrogen) atoms. The number of carbonyl (C=O) groups excluding carboxylic acids is 1. The summed E-state index contributed by atoms with van der Waals surface area (Å²) in [6, 6.07) is 2.44. The molecule has 1 aromatic heterocycles. The van der Waals surface area contributed by atoms with Crippen LogP contribution >= 0.6 is 0 Å². The number of likely N-dealkylation sites (N-methyl/N-ethyl adjacent to an activating group) is 1. The van der Waals surface area contributed by atoms with Gasteiger partial charge in [0.15, 0.2) is 0 Å². The molecule has 0 radical (unpaired) electrons. The molecule has 1 saturated carbocycles. The van der Waals surface area contributed by atoms with Gasteiger partial charge in [-0.05, 0) is 46.2 Å². The Kier molecular flexibility index (Phi) is 6.00. The van der Waals surface area contributed by atoms with Gasteiger partial charge in [0.2, 0.25) is 5.91 Å². The number of aromatic nitrogens is 2. The van der Waals surface area contributed by atoms with Crippen LogP contribution in [0.3, 0.4) is 0 Å². The zero-order valence-electron chi connectivity index (χ0n) is 14.4. The highest BCUT2D eigenvalue weighted by Gasteiger charge is 2.25. The Hall–Kier alpha value is -1.36. The molecule has 0 aliphatic heterocycles. The molecule has 1 amide bonds.